The van der Waals surface area contributed by atoms with E-state index in [0.717, 1.165) is 0 Å². The Balaban J connectivity index is 2.08. The lowest BCUT2D eigenvalue weighted by atomic mass is 10.1. The molecule has 1 heterocycles. The van der Waals surface area contributed by atoms with E-state index >= 15 is 0 Å². The summed E-state index contributed by atoms with van der Waals surface area (Å²) in [6.45, 7) is 0. The number of alkyl halides is 3. The second-order valence-electron chi connectivity index (χ2n) is 3.17. The minimum Gasteiger partial charge on any atom is -0.459 e. The van der Waals surface area contributed by atoms with Crippen LogP contribution in [0.3, 0.4) is 0 Å². The first-order chi connectivity index (χ1) is 6.97. The van der Waals surface area contributed by atoms with Crippen molar-refractivity contribution in [2.45, 2.75) is 38.1 Å². The third-order valence-electron chi connectivity index (χ3n) is 1.86. The van der Waals surface area contributed by atoms with Gasteiger partial charge in [0, 0.05) is 19.3 Å². The van der Waals surface area contributed by atoms with Crippen molar-refractivity contribution in [1.29, 1.82) is 0 Å². The zero-order valence-corrected chi connectivity index (χ0v) is 7.92. The fourth-order valence-corrected chi connectivity index (χ4v) is 1.09. The van der Waals surface area contributed by atoms with Gasteiger partial charge in [-0.1, -0.05) is 0 Å². The molecular weight excluding hydrogens is 213 g/mol. The lowest BCUT2D eigenvalue weighted by Crippen LogP contribution is -2.13. The summed E-state index contributed by atoms with van der Waals surface area (Å²) in [5, 5.41) is 0. The number of halogens is 3. The van der Waals surface area contributed by atoms with Crippen molar-refractivity contribution >= 4 is 5.78 Å². The SMILES string of the molecule is O=C(CCC1OC=CO1)CCC(F)(F)F. The van der Waals surface area contributed by atoms with Gasteiger partial charge in [-0.25, -0.2) is 0 Å². The van der Waals surface area contributed by atoms with E-state index in [2.05, 4.69) is 0 Å². The third kappa shape index (κ3) is 5.29. The summed E-state index contributed by atoms with van der Waals surface area (Å²) in [6.07, 6.45) is -3.32. The van der Waals surface area contributed by atoms with Gasteiger partial charge in [-0.3, -0.25) is 4.79 Å². The molecule has 0 unspecified atom stereocenters. The van der Waals surface area contributed by atoms with Crippen LogP contribution < -0.4 is 0 Å². The van der Waals surface area contributed by atoms with E-state index in [4.69, 9.17) is 9.47 Å². The van der Waals surface area contributed by atoms with Crippen molar-refractivity contribution in [3.8, 4) is 0 Å². The molecule has 0 fully saturated rings. The number of hydrogen-bond donors (Lipinski definition) is 0. The van der Waals surface area contributed by atoms with Gasteiger partial charge >= 0.3 is 6.18 Å². The minimum atomic E-state index is -4.27. The molecule has 0 aliphatic carbocycles. The molecular formula is C9H11F3O3. The van der Waals surface area contributed by atoms with Crippen molar-refractivity contribution in [2.24, 2.45) is 0 Å². The predicted octanol–water partition coefficient (Wildman–Crippen LogP) is 2.52. The minimum absolute atomic E-state index is 0.0441. The molecule has 0 saturated carbocycles. The van der Waals surface area contributed by atoms with E-state index in [9.17, 15) is 18.0 Å². The van der Waals surface area contributed by atoms with E-state index in [0.29, 0.717) is 0 Å². The number of ketones is 1. The Labute approximate surface area is 84.8 Å². The van der Waals surface area contributed by atoms with Crippen LogP contribution >= 0.6 is 0 Å². The standard InChI is InChI=1S/C9H11F3O3/c10-9(11,12)4-3-7(13)1-2-8-14-5-6-15-8/h5-6,8H,1-4H2. The van der Waals surface area contributed by atoms with Crippen molar-refractivity contribution < 1.29 is 27.4 Å². The number of hydrogen-bond acceptors (Lipinski definition) is 3. The number of ether oxygens (including phenoxy) is 2. The van der Waals surface area contributed by atoms with Crippen LogP contribution in [0.4, 0.5) is 13.2 Å². The van der Waals surface area contributed by atoms with Gasteiger partial charge in [0.15, 0.2) is 0 Å². The first kappa shape index (κ1) is 11.9. The molecule has 0 radical (unpaired) electrons. The largest absolute Gasteiger partial charge is 0.459 e. The van der Waals surface area contributed by atoms with Crippen LogP contribution in [0.15, 0.2) is 12.5 Å². The average molecular weight is 224 g/mol. The molecule has 86 valence electrons. The maximum atomic E-state index is 11.7. The Morgan fingerprint density at radius 1 is 1.20 bits per heavy atom. The summed E-state index contributed by atoms with van der Waals surface area (Å²) in [5.41, 5.74) is 0. The van der Waals surface area contributed by atoms with Crippen molar-refractivity contribution in [1.82, 2.24) is 0 Å². The van der Waals surface area contributed by atoms with Gasteiger partial charge in [0.05, 0.1) is 6.42 Å². The van der Waals surface area contributed by atoms with Crippen LogP contribution in [0.25, 0.3) is 0 Å². The molecule has 3 nitrogen and oxygen atoms in total. The van der Waals surface area contributed by atoms with E-state index in [1.54, 1.807) is 0 Å². The Bertz CT molecular complexity index is 239. The Morgan fingerprint density at radius 3 is 2.33 bits per heavy atom. The van der Waals surface area contributed by atoms with Crippen molar-refractivity contribution in [3.63, 3.8) is 0 Å². The second kappa shape index (κ2) is 5.04. The molecule has 0 aromatic rings. The van der Waals surface area contributed by atoms with Crippen molar-refractivity contribution in [2.75, 3.05) is 0 Å². The first-order valence-corrected chi connectivity index (χ1v) is 4.52. The highest BCUT2D eigenvalue weighted by Crippen LogP contribution is 2.22. The van der Waals surface area contributed by atoms with Gasteiger partial charge in [-0.15, -0.1) is 0 Å². The fourth-order valence-electron chi connectivity index (χ4n) is 1.09. The molecule has 15 heavy (non-hydrogen) atoms. The number of Topliss-reactive ketones (excluding diaryl/α,β-unsaturated/α-hetero) is 1. The summed E-state index contributed by atoms with van der Waals surface area (Å²) in [5.74, 6) is -0.425. The lowest BCUT2D eigenvalue weighted by molar-refractivity contribution is -0.143. The average Bonchev–Trinajstić information content (AvgIpc) is 2.62. The smallest absolute Gasteiger partial charge is 0.389 e. The van der Waals surface area contributed by atoms with Crippen LogP contribution in [0.2, 0.25) is 0 Å². The maximum Gasteiger partial charge on any atom is 0.389 e. The van der Waals surface area contributed by atoms with Crippen LogP contribution in [0, 0.1) is 0 Å². The fraction of sp³-hybridized carbons (Fsp3) is 0.667. The molecule has 1 aliphatic rings. The Morgan fingerprint density at radius 2 is 1.80 bits per heavy atom. The summed E-state index contributed by atoms with van der Waals surface area (Å²) in [7, 11) is 0. The Kier molecular flexibility index (Phi) is 3.99. The van der Waals surface area contributed by atoms with Gasteiger partial charge in [0.25, 0.3) is 0 Å². The molecule has 0 atom stereocenters. The van der Waals surface area contributed by atoms with Gasteiger partial charge < -0.3 is 9.47 Å². The quantitative estimate of drug-likeness (QED) is 0.719. The maximum absolute atomic E-state index is 11.7. The molecule has 0 amide bonds. The van der Waals surface area contributed by atoms with Gasteiger partial charge in [-0.2, -0.15) is 13.2 Å². The number of carbonyl (C=O) groups excluding carboxylic acids is 1. The van der Waals surface area contributed by atoms with Crippen LogP contribution in [-0.4, -0.2) is 18.2 Å². The number of rotatable bonds is 5. The van der Waals surface area contributed by atoms with Crippen LogP contribution in [0.5, 0.6) is 0 Å². The highest BCUT2D eigenvalue weighted by atomic mass is 19.4. The molecule has 0 aromatic heterocycles. The molecule has 0 bridgehead atoms. The lowest BCUT2D eigenvalue weighted by Gasteiger charge is -2.09. The molecule has 1 aliphatic heterocycles. The Hall–Kier alpha value is -1.20. The van der Waals surface area contributed by atoms with E-state index in [1.165, 1.54) is 12.5 Å². The second-order valence-corrected chi connectivity index (χ2v) is 3.17. The van der Waals surface area contributed by atoms with E-state index in [1.807, 2.05) is 0 Å². The highest BCUT2D eigenvalue weighted by Gasteiger charge is 2.28. The third-order valence-corrected chi connectivity index (χ3v) is 1.86. The molecule has 0 saturated heterocycles. The normalized spacial score (nSPS) is 16.2. The molecule has 1 rings (SSSR count). The van der Waals surface area contributed by atoms with Gasteiger partial charge in [-0.05, 0) is 0 Å². The first-order valence-electron chi connectivity index (χ1n) is 4.52. The topological polar surface area (TPSA) is 35.5 Å². The van der Waals surface area contributed by atoms with Gasteiger partial charge in [0.1, 0.15) is 18.3 Å². The van der Waals surface area contributed by atoms with Crippen molar-refractivity contribution in [3.05, 3.63) is 12.5 Å². The molecule has 0 spiro atoms. The number of carbonyl (C=O) groups is 1. The summed E-state index contributed by atoms with van der Waals surface area (Å²) in [6, 6.07) is 0. The molecule has 0 aromatic carbocycles. The summed E-state index contributed by atoms with van der Waals surface area (Å²) < 4.78 is 45.0. The summed E-state index contributed by atoms with van der Waals surface area (Å²) in [4.78, 5) is 11.0. The van der Waals surface area contributed by atoms with Gasteiger partial charge in [0.2, 0.25) is 6.29 Å². The molecule has 0 N–H and O–H groups in total. The summed E-state index contributed by atoms with van der Waals surface area (Å²) >= 11 is 0. The van der Waals surface area contributed by atoms with E-state index < -0.39 is 31.1 Å². The van der Waals surface area contributed by atoms with Crippen LogP contribution in [-0.2, 0) is 14.3 Å². The van der Waals surface area contributed by atoms with E-state index in [-0.39, 0.29) is 12.8 Å². The zero-order valence-electron chi connectivity index (χ0n) is 7.92. The predicted molar refractivity (Wildman–Crippen MR) is 44.6 cm³/mol. The van der Waals surface area contributed by atoms with Crippen LogP contribution in [0.1, 0.15) is 25.7 Å². The highest BCUT2D eigenvalue weighted by molar-refractivity contribution is 5.78. The monoisotopic (exact) mass is 224 g/mol. The zero-order chi connectivity index (χ0) is 11.3. The molecule has 6 heteroatoms.